The SMILES string of the molecule is CC1(C)CCc2c1nc1c(c2NC(=O)N=[S@@](N)(=O)c2cnc(C(C)(O)CO)s2)CCC1. The Labute approximate surface area is 185 Å². The monoisotopic (exact) mass is 465 g/mol. The van der Waals surface area contributed by atoms with Crippen LogP contribution in [-0.2, 0) is 40.2 Å². The van der Waals surface area contributed by atoms with Crippen LogP contribution in [0.5, 0.6) is 0 Å². The van der Waals surface area contributed by atoms with E-state index in [-0.39, 0.29) is 14.6 Å². The molecule has 1 unspecified atom stereocenters. The van der Waals surface area contributed by atoms with Gasteiger partial charge in [-0.05, 0) is 50.2 Å². The zero-order chi connectivity index (χ0) is 22.6. The summed E-state index contributed by atoms with van der Waals surface area (Å²) < 4.78 is 16.7. The minimum absolute atomic E-state index is 0.0534. The van der Waals surface area contributed by atoms with Crippen molar-refractivity contribution in [3.8, 4) is 0 Å². The number of amides is 2. The number of aromatic nitrogens is 2. The van der Waals surface area contributed by atoms with E-state index in [9.17, 15) is 19.2 Å². The third-order valence-corrected chi connectivity index (χ3v) is 9.09. The Morgan fingerprint density at radius 1 is 1.39 bits per heavy atom. The van der Waals surface area contributed by atoms with Gasteiger partial charge in [0, 0.05) is 11.1 Å². The van der Waals surface area contributed by atoms with Crippen molar-refractivity contribution in [3.05, 3.63) is 33.7 Å². The van der Waals surface area contributed by atoms with Crippen LogP contribution in [-0.4, -0.2) is 37.0 Å². The third kappa shape index (κ3) is 4.00. The Morgan fingerprint density at radius 3 is 2.84 bits per heavy atom. The fourth-order valence-electron chi connectivity index (χ4n) is 4.14. The van der Waals surface area contributed by atoms with Gasteiger partial charge in [0.05, 0.1) is 24.2 Å². The van der Waals surface area contributed by atoms with Gasteiger partial charge in [-0.3, -0.25) is 4.98 Å². The lowest BCUT2D eigenvalue weighted by molar-refractivity contribution is -0.00244. The number of carbonyl (C=O) groups is 1. The van der Waals surface area contributed by atoms with Crippen molar-refractivity contribution in [2.24, 2.45) is 9.50 Å². The fraction of sp³-hybridized carbons (Fsp3) is 0.550. The number of aliphatic hydroxyl groups is 2. The van der Waals surface area contributed by atoms with E-state index in [0.29, 0.717) is 0 Å². The van der Waals surface area contributed by atoms with Crippen molar-refractivity contribution < 1.29 is 19.2 Å². The molecule has 0 aromatic carbocycles. The highest BCUT2D eigenvalue weighted by Crippen LogP contribution is 2.44. The number of rotatable bonds is 4. The maximum atomic E-state index is 13.0. The van der Waals surface area contributed by atoms with Crippen LogP contribution in [0.2, 0.25) is 0 Å². The molecule has 0 bridgehead atoms. The van der Waals surface area contributed by atoms with Crippen molar-refractivity contribution in [2.45, 2.75) is 68.1 Å². The van der Waals surface area contributed by atoms with Crippen LogP contribution in [0.25, 0.3) is 0 Å². The second-order valence-corrected chi connectivity index (χ2v) is 12.0. The van der Waals surface area contributed by atoms with Gasteiger partial charge in [0.25, 0.3) is 0 Å². The fourth-order valence-corrected chi connectivity index (χ4v) is 6.24. The van der Waals surface area contributed by atoms with Gasteiger partial charge in [0.1, 0.15) is 14.8 Å². The molecule has 4 rings (SSSR count). The van der Waals surface area contributed by atoms with Crippen molar-refractivity contribution in [3.63, 3.8) is 0 Å². The molecule has 2 aromatic rings. The van der Waals surface area contributed by atoms with Gasteiger partial charge in [0.2, 0.25) is 0 Å². The second kappa shape index (κ2) is 7.59. The Bertz CT molecular complexity index is 1180. The number of urea groups is 1. The number of nitrogens with zero attached hydrogens (tertiary/aromatic N) is 3. The van der Waals surface area contributed by atoms with Crippen molar-refractivity contribution in [2.75, 3.05) is 11.9 Å². The first kappa shape index (κ1) is 22.3. The lowest BCUT2D eigenvalue weighted by Crippen LogP contribution is -2.25. The van der Waals surface area contributed by atoms with Crippen LogP contribution in [0, 0.1) is 0 Å². The summed E-state index contributed by atoms with van der Waals surface area (Å²) in [5.74, 6) is 0. The lowest BCUT2D eigenvalue weighted by atomic mass is 9.90. The van der Waals surface area contributed by atoms with Crippen LogP contribution >= 0.6 is 11.3 Å². The van der Waals surface area contributed by atoms with E-state index in [1.165, 1.54) is 13.1 Å². The molecule has 11 heteroatoms. The van der Waals surface area contributed by atoms with E-state index in [4.69, 9.17) is 10.1 Å². The van der Waals surface area contributed by atoms with Crippen LogP contribution in [0.3, 0.4) is 0 Å². The number of nitrogens with two attached hydrogens (primary N) is 1. The first-order valence-corrected chi connectivity index (χ1v) is 12.5. The molecule has 5 N–H and O–H groups in total. The smallest absolute Gasteiger partial charge is 0.354 e. The summed E-state index contributed by atoms with van der Waals surface area (Å²) in [5, 5.41) is 28.3. The molecule has 0 fully saturated rings. The zero-order valence-electron chi connectivity index (χ0n) is 17.8. The minimum Gasteiger partial charge on any atom is -0.393 e. The van der Waals surface area contributed by atoms with E-state index in [1.54, 1.807) is 0 Å². The number of carbonyl (C=O) groups excluding carboxylic acids is 1. The molecule has 0 saturated heterocycles. The van der Waals surface area contributed by atoms with Crippen LogP contribution < -0.4 is 10.5 Å². The van der Waals surface area contributed by atoms with E-state index in [2.05, 4.69) is 28.5 Å². The molecule has 2 amide bonds. The highest BCUT2D eigenvalue weighted by Gasteiger charge is 2.36. The summed E-state index contributed by atoms with van der Waals surface area (Å²) in [4.78, 5) is 21.6. The molecule has 9 nitrogen and oxygen atoms in total. The van der Waals surface area contributed by atoms with Crippen molar-refractivity contribution in [1.82, 2.24) is 9.97 Å². The number of anilines is 1. The Morgan fingerprint density at radius 2 is 2.13 bits per heavy atom. The Hall–Kier alpha value is -1.92. The standard InChI is InChI=1S/C20H27N5O4S2/c1-19(2)8-7-12-15(11-5-4-6-13(11)23-16(12)19)24-18(27)25-31(21,29)14-9-22-17(30-14)20(3,28)10-26/h9,26,28H,4-8,10H2,1-3H3,(H3,21,23,24,25,27,29)/t20?,31-/m1/s1. The van der Waals surface area contributed by atoms with Gasteiger partial charge < -0.3 is 15.5 Å². The predicted octanol–water partition coefficient (Wildman–Crippen LogP) is 2.38. The van der Waals surface area contributed by atoms with E-state index >= 15 is 0 Å². The maximum Gasteiger partial charge on any atom is 0.354 e. The molecular weight excluding hydrogens is 438 g/mol. The average Bonchev–Trinajstić information content (AvgIpc) is 3.41. The number of thiazole rings is 1. The van der Waals surface area contributed by atoms with Gasteiger partial charge in [-0.15, -0.1) is 15.7 Å². The maximum absolute atomic E-state index is 13.0. The molecule has 0 saturated carbocycles. The summed E-state index contributed by atoms with van der Waals surface area (Å²) in [6, 6.07) is -0.788. The molecule has 2 heterocycles. The number of aryl methyl sites for hydroxylation is 1. The van der Waals surface area contributed by atoms with Gasteiger partial charge in [-0.2, -0.15) is 0 Å². The molecular formula is C20H27N5O4S2. The van der Waals surface area contributed by atoms with Gasteiger partial charge in [-0.25, -0.2) is 19.1 Å². The highest BCUT2D eigenvalue weighted by atomic mass is 32.2. The third-order valence-electron chi connectivity index (χ3n) is 5.96. The molecule has 2 aromatic heterocycles. The first-order valence-electron chi connectivity index (χ1n) is 10.2. The Balaban J connectivity index is 1.67. The molecule has 0 aliphatic heterocycles. The molecule has 0 spiro atoms. The van der Waals surface area contributed by atoms with E-state index in [1.807, 2.05) is 0 Å². The van der Waals surface area contributed by atoms with Gasteiger partial charge in [-0.1, -0.05) is 13.8 Å². The molecule has 0 radical (unpaired) electrons. The quantitative estimate of drug-likeness (QED) is 0.544. The number of nitrogens with one attached hydrogen (secondary N) is 1. The molecule has 2 atom stereocenters. The lowest BCUT2D eigenvalue weighted by Gasteiger charge is -2.20. The number of pyridine rings is 1. The normalized spacial score (nSPS) is 20.5. The average molecular weight is 466 g/mol. The summed E-state index contributed by atoms with van der Waals surface area (Å²) in [6.45, 7) is 5.12. The summed E-state index contributed by atoms with van der Waals surface area (Å²) in [7, 11) is -3.57. The minimum atomic E-state index is -3.57. The molecule has 168 valence electrons. The van der Waals surface area contributed by atoms with Gasteiger partial charge >= 0.3 is 6.03 Å². The van der Waals surface area contributed by atoms with Crippen molar-refractivity contribution in [1.29, 1.82) is 0 Å². The summed E-state index contributed by atoms with van der Waals surface area (Å²) in [6.07, 6.45) is 5.66. The Kier molecular flexibility index (Phi) is 5.46. The van der Waals surface area contributed by atoms with Crippen LogP contribution in [0.1, 0.15) is 61.1 Å². The number of hydrogen-bond donors (Lipinski definition) is 4. The number of hydrogen-bond acceptors (Lipinski definition) is 7. The topological polar surface area (TPSA) is 151 Å². The summed E-state index contributed by atoms with van der Waals surface area (Å²) >= 11 is 0.854. The van der Waals surface area contributed by atoms with Crippen LogP contribution in [0.15, 0.2) is 14.8 Å². The predicted molar refractivity (Wildman–Crippen MR) is 118 cm³/mol. The molecule has 31 heavy (non-hydrogen) atoms. The molecule has 2 aliphatic rings. The number of aliphatic hydroxyl groups excluding tert-OH is 1. The van der Waals surface area contributed by atoms with Crippen molar-refractivity contribution >= 4 is 33.0 Å². The van der Waals surface area contributed by atoms with E-state index < -0.39 is 28.2 Å². The van der Waals surface area contributed by atoms with Gasteiger partial charge in [0.15, 0.2) is 9.92 Å². The first-order chi connectivity index (χ1) is 14.4. The highest BCUT2D eigenvalue weighted by molar-refractivity contribution is 7.93. The van der Waals surface area contributed by atoms with Crippen LogP contribution in [0.4, 0.5) is 10.5 Å². The van der Waals surface area contributed by atoms with E-state index in [0.717, 1.165) is 71.6 Å². The molecule has 2 aliphatic carbocycles. The number of fused-ring (bicyclic) bond motifs is 2. The summed E-state index contributed by atoms with van der Waals surface area (Å²) in [5.41, 5.74) is 3.16. The largest absolute Gasteiger partial charge is 0.393 e. The second-order valence-electron chi connectivity index (χ2n) is 8.98. The zero-order valence-corrected chi connectivity index (χ0v) is 19.4.